The van der Waals surface area contributed by atoms with Crippen molar-refractivity contribution in [3.8, 4) is 5.75 Å². The summed E-state index contributed by atoms with van der Waals surface area (Å²) in [5, 5.41) is 0.595. The minimum atomic E-state index is -0.535. The van der Waals surface area contributed by atoms with E-state index >= 15 is 0 Å². The summed E-state index contributed by atoms with van der Waals surface area (Å²) in [7, 11) is 0. The normalized spacial score (nSPS) is 14.4. The van der Waals surface area contributed by atoms with Crippen LogP contribution in [0, 0.1) is 12.8 Å². The van der Waals surface area contributed by atoms with Crippen molar-refractivity contribution in [2.75, 3.05) is 13.2 Å². The van der Waals surface area contributed by atoms with Gasteiger partial charge in [0.1, 0.15) is 23.7 Å². The molecule has 0 bridgehead atoms. The van der Waals surface area contributed by atoms with Crippen LogP contribution in [0.5, 0.6) is 5.75 Å². The highest BCUT2D eigenvalue weighted by Gasteiger charge is 2.25. The molecule has 30 heavy (non-hydrogen) atoms. The highest BCUT2D eigenvalue weighted by Crippen LogP contribution is 2.29. The summed E-state index contributed by atoms with van der Waals surface area (Å²) in [5.74, 6) is -0.208. The van der Waals surface area contributed by atoms with Crippen LogP contribution < -0.4 is 10.2 Å². The lowest BCUT2D eigenvalue weighted by molar-refractivity contribution is -0.157. The highest BCUT2D eigenvalue weighted by atomic mass is 16.7. The van der Waals surface area contributed by atoms with Crippen molar-refractivity contribution in [2.45, 2.75) is 26.4 Å². The third kappa shape index (κ3) is 4.46. The summed E-state index contributed by atoms with van der Waals surface area (Å²) >= 11 is 0. The number of amides is 1. The van der Waals surface area contributed by atoms with Crippen molar-refractivity contribution in [2.24, 2.45) is 5.92 Å². The molecule has 0 spiro atoms. The fourth-order valence-corrected chi connectivity index (χ4v) is 3.48. The van der Waals surface area contributed by atoms with Crippen LogP contribution in [0.1, 0.15) is 34.5 Å². The van der Waals surface area contributed by atoms with E-state index in [0.29, 0.717) is 60.7 Å². The number of furan rings is 1. The number of rotatable bonds is 5. The third-order valence-corrected chi connectivity index (χ3v) is 5.11. The molecule has 156 valence electrons. The summed E-state index contributed by atoms with van der Waals surface area (Å²) in [6.07, 6.45) is 1.18. The first-order valence-electron chi connectivity index (χ1n) is 9.90. The van der Waals surface area contributed by atoms with Crippen molar-refractivity contribution in [1.29, 1.82) is 0 Å². The van der Waals surface area contributed by atoms with Crippen LogP contribution in [-0.2, 0) is 21.0 Å². The Balaban J connectivity index is 1.46. The van der Waals surface area contributed by atoms with Gasteiger partial charge in [-0.3, -0.25) is 4.79 Å². The summed E-state index contributed by atoms with van der Waals surface area (Å²) in [5.41, 5.74) is 4.17. The molecule has 4 rings (SSSR count). The van der Waals surface area contributed by atoms with E-state index in [4.69, 9.17) is 18.7 Å². The molecule has 0 atom stereocenters. The van der Waals surface area contributed by atoms with Crippen molar-refractivity contribution < 1.29 is 28.3 Å². The van der Waals surface area contributed by atoms with Gasteiger partial charge in [0.25, 0.3) is 5.91 Å². The molecule has 7 heteroatoms. The average Bonchev–Trinajstić information content (AvgIpc) is 3.12. The topological polar surface area (TPSA) is 87.0 Å². The van der Waals surface area contributed by atoms with Crippen LogP contribution in [0.3, 0.4) is 0 Å². The molecular weight excluding hydrogens is 386 g/mol. The summed E-state index contributed by atoms with van der Waals surface area (Å²) in [6.45, 7) is 3.14. The zero-order valence-electron chi connectivity index (χ0n) is 16.7. The van der Waals surface area contributed by atoms with E-state index in [2.05, 4.69) is 5.48 Å². The van der Waals surface area contributed by atoms with E-state index in [1.54, 1.807) is 25.1 Å². The Morgan fingerprint density at radius 2 is 1.87 bits per heavy atom. The lowest BCUT2D eigenvalue weighted by atomic mass is 10.0. The summed E-state index contributed by atoms with van der Waals surface area (Å²) in [6, 6.07) is 15.1. The predicted molar refractivity (Wildman–Crippen MR) is 109 cm³/mol. The van der Waals surface area contributed by atoms with Crippen LogP contribution in [0.25, 0.3) is 11.0 Å². The van der Waals surface area contributed by atoms with Gasteiger partial charge in [0.15, 0.2) is 0 Å². The lowest BCUT2D eigenvalue weighted by Crippen LogP contribution is -2.33. The second-order valence-electron chi connectivity index (χ2n) is 7.20. The Labute approximate surface area is 173 Å². The van der Waals surface area contributed by atoms with Gasteiger partial charge in [-0.05, 0) is 43.5 Å². The molecule has 0 saturated carbocycles. The Bertz CT molecular complexity index is 1040. The average molecular weight is 409 g/mol. The number of hydroxylamine groups is 1. The summed E-state index contributed by atoms with van der Waals surface area (Å²) < 4.78 is 16.8. The Kier molecular flexibility index (Phi) is 5.99. The number of benzene rings is 2. The van der Waals surface area contributed by atoms with Crippen molar-refractivity contribution in [3.63, 3.8) is 0 Å². The first-order chi connectivity index (χ1) is 14.6. The molecule has 1 amide bonds. The van der Waals surface area contributed by atoms with E-state index in [1.165, 1.54) is 0 Å². The molecule has 0 radical (unpaired) electrons. The summed E-state index contributed by atoms with van der Waals surface area (Å²) in [4.78, 5) is 29.9. The quantitative estimate of drug-likeness (QED) is 0.643. The van der Waals surface area contributed by atoms with Gasteiger partial charge >= 0.3 is 5.97 Å². The maximum atomic E-state index is 12.7. The molecule has 1 N–H and O–H groups in total. The Morgan fingerprint density at radius 3 is 2.63 bits per heavy atom. The van der Waals surface area contributed by atoms with Crippen LogP contribution in [0.15, 0.2) is 52.9 Å². The number of hydrogen-bond acceptors (Lipinski definition) is 6. The van der Waals surface area contributed by atoms with E-state index in [-0.39, 0.29) is 5.92 Å². The molecule has 7 nitrogen and oxygen atoms in total. The smallest absolute Gasteiger partial charge is 0.335 e. The Hall–Kier alpha value is -3.32. The van der Waals surface area contributed by atoms with Gasteiger partial charge in [-0.25, -0.2) is 4.79 Å². The lowest BCUT2D eigenvalue weighted by Gasteiger charge is -2.19. The largest absolute Gasteiger partial charge is 0.489 e. The maximum absolute atomic E-state index is 12.7. The monoisotopic (exact) mass is 409 g/mol. The number of aryl methyl sites for hydroxylation is 1. The van der Waals surface area contributed by atoms with Gasteiger partial charge < -0.3 is 18.7 Å². The van der Waals surface area contributed by atoms with Gasteiger partial charge in [-0.2, -0.15) is 5.48 Å². The third-order valence-electron chi connectivity index (χ3n) is 5.11. The van der Waals surface area contributed by atoms with E-state index in [1.807, 2.05) is 30.3 Å². The van der Waals surface area contributed by atoms with Crippen LogP contribution in [0.2, 0.25) is 0 Å². The Morgan fingerprint density at radius 1 is 1.10 bits per heavy atom. The highest BCUT2D eigenvalue weighted by molar-refractivity contribution is 6.07. The SMILES string of the molecule is Cc1oc2ccc(OCc3ccccc3)cc2c1C(=O)NOC(=O)C1CCOCC1. The second-order valence-corrected chi connectivity index (χ2v) is 7.20. The van der Waals surface area contributed by atoms with E-state index in [9.17, 15) is 9.59 Å². The number of carbonyl (C=O) groups is 2. The van der Waals surface area contributed by atoms with Gasteiger partial charge in [-0.1, -0.05) is 30.3 Å². The molecule has 1 aliphatic heterocycles. The van der Waals surface area contributed by atoms with Crippen LogP contribution in [0.4, 0.5) is 0 Å². The number of hydrogen-bond donors (Lipinski definition) is 1. The van der Waals surface area contributed by atoms with Crippen molar-refractivity contribution >= 4 is 22.8 Å². The zero-order valence-corrected chi connectivity index (χ0v) is 16.7. The van der Waals surface area contributed by atoms with Crippen molar-refractivity contribution in [3.05, 3.63) is 65.4 Å². The van der Waals surface area contributed by atoms with Gasteiger partial charge in [0, 0.05) is 18.6 Å². The molecule has 1 saturated heterocycles. The van der Waals surface area contributed by atoms with Crippen molar-refractivity contribution in [1.82, 2.24) is 5.48 Å². The number of fused-ring (bicyclic) bond motifs is 1. The molecule has 1 aliphatic rings. The van der Waals surface area contributed by atoms with Gasteiger partial charge in [0.05, 0.1) is 11.5 Å². The molecule has 0 aliphatic carbocycles. The molecule has 1 aromatic heterocycles. The molecular formula is C23H23NO6. The van der Waals surface area contributed by atoms with Crippen LogP contribution >= 0.6 is 0 Å². The van der Waals surface area contributed by atoms with Crippen LogP contribution in [-0.4, -0.2) is 25.1 Å². The minimum absolute atomic E-state index is 0.265. The standard InChI is InChI=1S/C23H23NO6/c1-15-21(22(25)24-30-23(26)17-9-11-27-12-10-17)19-13-18(7-8-20(19)29-15)28-14-16-5-3-2-4-6-16/h2-8,13,17H,9-12,14H2,1H3,(H,24,25). The number of ether oxygens (including phenoxy) is 2. The fraction of sp³-hybridized carbons (Fsp3) is 0.304. The zero-order chi connectivity index (χ0) is 20.9. The molecule has 2 heterocycles. The molecule has 3 aromatic rings. The predicted octanol–water partition coefficient (Wildman–Crippen LogP) is 3.93. The minimum Gasteiger partial charge on any atom is -0.489 e. The maximum Gasteiger partial charge on any atom is 0.335 e. The van der Waals surface area contributed by atoms with Gasteiger partial charge in [-0.15, -0.1) is 0 Å². The van der Waals surface area contributed by atoms with E-state index in [0.717, 1.165) is 5.56 Å². The number of carbonyl (C=O) groups excluding carboxylic acids is 2. The first-order valence-corrected chi connectivity index (χ1v) is 9.90. The van der Waals surface area contributed by atoms with E-state index < -0.39 is 11.9 Å². The fourth-order valence-electron chi connectivity index (χ4n) is 3.48. The molecule has 1 fully saturated rings. The molecule has 0 unspecified atom stereocenters. The van der Waals surface area contributed by atoms with Gasteiger partial charge in [0.2, 0.25) is 0 Å². The molecule has 2 aromatic carbocycles. The first kappa shape index (κ1) is 20.0. The number of nitrogens with one attached hydrogen (secondary N) is 1. The second kappa shape index (κ2) is 9.00.